The van der Waals surface area contributed by atoms with Crippen molar-refractivity contribution in [3.8, 4) is 17.6 Å². The summed E-state index contributed by atoms with van der Waals surface area (Å²) in [5.74, 6) is 0.554. The van der Waals surface area contributed by atoms with Gasteiger partial charge in [-0.15, -0.1) is 0 Å². The van der Waals surface area contributed by atoms with Gasteiger partial charge in [-0.2, -0.15) is 5.26 Å². The van der Waals surface area contributed by atoms with Gasteiger partial charge in [0, 0.05) is 14.6 Å². The van der Waals surface area contributed by atoms with Crippen LogP contribution in [0, 0.1) is 25.2 Å². The number of halogens is 2. The minimum absolute atomic E-state index is 0.0282. The fourth-order valence-electron chi connectivity index (χ4n) is 3.00. The van der Waals surface area contributed by atoms with Gasteiger partial charge in [0.15, 0.2) is 11.5 Å². The Bertz CT molecular complexity index is 1250. The number of anilines is 1. The number of nitrogens with zero attached hydrogens (tertiary/aromatic N) is 1. The van der Waals surface area contributed by atoms with E-state index in [0.29, 0.717) is 33.8 Å². The van der Waals surface area contributed by atoms with Crippen LogP contribution in [0.4, 0.5) is 5.69 Å². The summed E-state index contributed by atoms with van der Waals surface area (Å²) in [5.41, 5.74) is 4.42. The molecule has 0 radical (unpaired) electrons. The van der Waals surface area contributed by atoms with Crippen molar-refractivity contribution in [2.24, 2.45) is 0 Å². The number of ether oxygens (including phenoxy) is 2. The van der Waals surface area contributed by atoms with Gasteiger partial charge in [-0.05, 0) is 78.6 Å². The Morgan fingerprint density at radius 1 is 1.03 bits per heavy atom. The van der Waals surface area contributed by atoms with Crippen LogP contribution in [0.25, 0.3) is 6.08 Å². The van der Waals surface area contributed by atoms with Crippen LogP contribution in [0.3, 0.4) is 0 Å². The van der Waals surface area contributed by atoms with Gasteiger partial charge >= 0.3 is 0 Å². The lowest BCUT2D eigenvalue weighted by Crippen LogP contribution is -2.13. The molecule has 0 bridgehead atoms. The number of nitrogens with one attached hydrogen (secondary N) is 1. The lowest BCUT2D eigenvalue weighted by atomic mass is 10.1. The molecule has 0 atom stereocenters. The zero-order valence-electron chi connectivity index (χ0n) is 18.4. The lowest BCUT2D eigenvalue weighted by Gasteiger charge is -2.13. The first-order valence-electron chi connectivity index (χ1n) is 10.1. The highest BCUT2D eigenvalue weighted by atomic mass is 79.9. The second-order valence-corrected chi connectivity index (χ2v) is 9.13. The van der Waals surface area contributed by atoms with E-state index in [1.807, 2.05) is 62.4 Å². The van der Waals surface area contributed by atoms with E-state index in [9.17, 15) is 10.1 Å². The monoisotopic (exact) mass is 568 g/mol. The first-order chi connectivity index (χ1) is 15.8. The van der Waals surface area contributed by atoms with Crippen LogP contribution in [0.2, 0.25) is 0 Å². The molecular weight excluding hydrogens is 548 g/mol. The Morgan fingerprint density at radius 2 is 1.76 bits per heavy atom. The summed E-state index contributed by atoms with van der Waals surface area (Å²) in [7, 11) is 1.54. The van der Waals surface area contributed by atoms with Gasteiger partial charge in [-0.25, -0.2) is 0 Å². The number of hydrogen-bond donors (Lipinski definition) is 1. The Kier molecular flexibility index (Phi) is 8.32. The van der Waals surface area contributed by atoms with Crippen LogP contribution in [0.1, 0.15) is 22.3 Å². The van der Waals surface area contributed by atoms with Crippen molar-refractivity contribution in [2.75, 3.05) is 12.4 Å². The molecule has 168 valence electrons. The van der Waals surface area contributed by atoms with Crippen LogP contribution in [0.5, 0.6) is 11.5 Å². The number of amides is 1. The number of carbonyl (C=O) groups excluding carboxylic acids is 1. The van der Waals surface area contributed by atoms with E-state index in [1.54, 1.807) is 19.2 Å². The van der Waals surface area contributed by atoms with Crippen molar-refractivity contribution in [3.05, 3.63) is 91.4 Å². The third-order valence-corrected chi connectivity index (χ3v) is 6.24. The van der Waals surface area contributed by atoms with Gasteiger partial charge in [-0.1, -0.05) is 50.1 Å². The normalized spacial score (nSPS) is 11.0. The minimum Gasteiger partial charge on any atom is -0.493 e. The van der Waals surface area contributed by atoms with Gasteiger partial charge in [0.2, 0.25) is 0 Å². The highest BCUT2D eigenvalue weighted by Crippen LogP contribution is 2.35. The van der Waals surface area contributed by atoms with Crippen molar-refractivity contribution in [3.63, 3.8) is 0 Å². The zero-order valence-corrected chi connectivity index (χ0v) is 21.6. The van der Waals surface area contributed by atoms with Crippen molar-refractivity contribution in [1.82, 2.24) is 0 Å². The topological polar surface area (TPSA) is 71.3 Å². The second kappa shape index (κ2) is 11.2. The Morgan fingerprint density at radius 3 is 2.39 bits per heavy atom. The summed E-state index contributed by atoms with van der Waals surface area (Å²) < 4.78 is 13.1. The quantitative estimate of drug-likeness (QED) is 0.246. The molecule has 3 aromatic rings. The van der Waals surface area contributed by atoms with Crippen LogP contribution < -0.4 is 14.8 Å². The third kappa shape index (κ3) is 6.47. The number of rotatable bonds is 7. The van der Waals surface area contributed by atoms with Crippen molar-refractivity contribution in [2.45, 2.75) is 20.5 Å². The number of methoxy groups -OCH3 is 1. The molecule has 0 spiro atoms. The summed E-state index contributed by atoms with van der Waals surface area (Å²) in [6.07, 6.45) is 1.52. The summed E-state index contributed by atoms with van der Waals surface area (Å²) in [6, 6.07) is 18.9. The molecular formula is C26H22Br2N2O3. The average molecular weight is 570 g/mol. The Hall–Kier alpha value is -3.08. The largest absolute Gasteiger partial charge is 0.493 e. The molecule has 5 nitrogen and oxygen atoms in total. The van der Waals surface area contributed by atoms with Crippen molar-refractivity contribution >= 4 is 49.5 Å². The van der Waals surface area contributed by atoms with Crippen LogP contribution >= 0.6 is 31.9 Å². The fraction of sp³-hybridized carbons (Fsp3) is 0.154. The van der Waals surface area contributed by atoms with Gasteiger partial charge < -0.3 is 14.8 Å². The molecule has 3 aromatic carbocycles. The first kappa shape index (κ1) is 24.6. The van der Waals surface area contributed by atoms with Gasteiger partial charge in [0.25, 0.3) is 5.91 Å². The van der Waals surface area contributed by atoms with Crippen LogP contribution in [0.15, 0.2) is 69.1 Å². The molecule has 0 fully saturated rings. The van der Waals surface area contributed by atoms with E-state index < -0.39 is 5.91 Å². The molecule has 0 saturated carbocycles. The number of aryl methyl sites for hydroxylation is 2. The molecule has 0 saturated heterocycles. The maximum Gasteiger partial charge on any atom is 0.266 e. The molecule has 0 aliphatic rings. The molecule has 33 heavy (non-hydrogen) atoms. The number of carbonyl (C=O) groups is 1. The number of hydrogen-bond acceptors (Lipinski definition) is 4. The fourth-order valence-corrected chi connectivity index (χ4v) is 3.70. The maximum absolute atomic E-state index is 12.7. The Balaban J connectivity index is 1.81. The summed E-state index contributed by atoms with van der Waals surface area (Å²) in [6.45, 7) is 4.33. The SMILES string of the molecule is COc1cc(C=C(C#N)C(=O)Nc2ccc(C)c(C)c2)c(Br)cc1OCc1ccc(Br)cc1. The second-order valence-electron chi connectivity index (χ2n) is 7.36. The summed E-state index contributed by atoms with van der Waals surface area (Å²) >= 11 is 6.93. The van der Waals surface area contributed by atoms with Gasteiger partial charge in [-0.3, -0.25) is 4.79 Å². The predicted octanol–water partition coefficient (Wildman–Crippen LogP) is 6.96. The van der Waals surface area contributed by atoms with Gasteiger partial charge in [0.1, 0.15) is 18.2 Å². The van der Waals surface area contributed by atoms with Crippen molar-refractivity contribution in [1.29, 1.82) is 5.26 Å². The molecule has 0 aliphatic carbocycles. The lowest BCUT2D eigenvalue weighted by molar-refractivity contribution is -0.112. The summed E-state index contributed by atoms with van der Waals surface area (Å²) in [5, 5.41) is 12.4. The summed E-state index contributed by atoms with van der Waals surface area (Å²) in [4.78, 5) is 12.7. The molecule has 3 rings (SSSR count). The minimum atomic E-state index is -0.484. The third-order valence-electron chi connectivity index (χ3n) is 5.02. The first-order valence-corrected chi connectivity index (χ1v) is 11.6. The average Bonchev–Trinajstić information content (AvgIpc) is 2.80. The smallest absolute Gasteiger partial charge is 0.266 e. The van der Waals surface area contributed by atoms with Crippen LogP contribution in [-0.4, -0.2) is 13.0 Å². The van der Waals surface area contributed by atoms with E-state index in [0.717, 1.165) is 21.2 Å². The predicted molar refractivity (Wildman–Crippen MR) is 137 cm³/mol. The zero-order chi connectivity index (χ0) is 24.0. The molecule has 1 amide bonds. The van der Waals surface area contributed by atoms with Gasteiger partial charge in [0.05, 0.1) is 7.11 Å². The van der Waals surface area contributed by atoms with E-state index in [4.69, 9.17) is 9.47 Å². The van der Waals surface area contributed by atoms with E-state index >= 15 is 0 Å². The maximum atomic E-state index is 12.7. The Labute approximate surface area is 210 Å². The molecule has 1 N–H and O–H groups in total. The molecule has 0 aliphatic heterocycles. The highest BCUT2D eigenvalue weighted by molar-refractivity contribution is 9.10. The standard InChI is InChI=1S/C26H22Br2N2O3/c1-16-4-9-22(10-17(16)2)30-26(31)20(14-29)11-19-12-24(32-3)25(13-23(19)28)33-15-18-5-7-21(27)8-6-18/h4-13H,15H2,1-3H3,(H,30,31). The van der Waals surface area contributed by atoms with E-state index in [2.05, 4.69) is 37.2 Å². The highest BCUT2D eigenvalue weighted by Gasteiger charge is 2.14. The molecule has 0 aromatic heterocycles. The van der Waals surface area contributed by atoms with Crippen molar-refractivity contribution < 1.29 is 14.3 Å². The molecule has 0 unspecified atom stereocenters. The molecule has 0 heterocycles. The van der Waals surface area contributed by atoms with E-state index in [-0.39, 0.29) is 5.57 Å². The van der Waals surface area contributed by atoms with E-state index in [1.165, 1.54) is 6.08 Å². The molecule has 7 heteroatoms. The van der Waals surface area contributed by atoms with Crippen LogP contribution in [-0.2, 0) is 11.4 Å². The number of benzene rings is 3. The number of nitriles is 1.